The number of amides is 2. The van der Waals surface area contributed by atoms with Crippen molar-refractivity contribution in [1.82, 2.24) is 9.80 Å². The third-order valence-electron chi connectivity index (χ3n) is 4.33. The van der Waals surface area contributed by atoms with E-state index in [1.165, 1.54) is 23.5 Å². The average Bonchev–Trinajstić information content (AvgIpc) is 3.28. The van der Waals surface area contributed by atoms with Gasteiger partial charge in [0.1, 0.15) is 5.75 Å². The lowest BCUT2D eigenvalue weighted by atomic mass is 10.3. The number of thiophene rings is 1. The molecule has 2 aromatic rings. The van der Waals surface area contributed by atoms with Crippen molar-refractivity contribution in [2.45, 2.75) is 0 Å². The minimum absolute atomic E-state index is 0.0401. The van der Waals surface area contributed by atoms with E-state index in [4.69, 9.17) is 44.3 Å². The summed E-state index contributed by atoms with van der Waals surface area (Å²) in [6.07, 6.45) is 0. The first-order valence-electron chi connectivity index (χ1n) is 8.88. The van der Waals surface area contributed by atoms with E-state index in [1.807, 2.05) is 11.4 Å². The monoisotopic (exact) mass is 490 g/mol. The average molecular weight is 492 g/mol. The van der Waals surface area contributed by atoms with Crippen molar-refractivity contribution >= 4 is 63.9 Å². The zero-order valence-electron chi connectivity index (χ0n) is 15.6. The Bertz CT molecular complexity index is 931. The van der Waals surface area contributed by atoms with Crippen LogP contribution in [-0.2, 0) is 14.3 Å². The molecule has 0 atom stereocenters. The Balaban J connectivity index is 1.40. The molecule has 1 aromatic carbocycles. The molecule has 0 aliphatic carbocycles. The van der Waals surface area contributed by atoms with Crippen molar-refractivity contribution in [3.05, 3.63) is 49.6 Å². The minimum atomic E-state index is -0.725. The number of esters is 1. The number of hydrogen-bond acceptors (Lipinski definition) is 6. The van der Waals surface area contributed by atoms with Crippen molar-refractivity contribution in [2.75, 3.05) is 39.4 Å². The van der Waals surface area contributed by atoms with Gasteiger partial charge in [0.25, 0.3) is 11.8 Å². The fourth-order valence-corrected chi connectivity index (χ4v) is 4.02. The molecule has 3 rings (SSSR count). The third kappa shape index (κ3) is 5.78. The fourth-order valence-electron chi connectivity index (χ4n) is 2.74. The summed E-state index contributed by atoms with van der Waals surface area (Å²) >= 11 is 19.1. The van der Waals surface area contributed by atoms with Crippen LogP contribution in [0.4, 0.5) is 0 Å². The molecular formula is C19H17Cl3N2O5S. The lowest BCUT2D eigenvalue weighted by Gasteiger charge is -2.34. The van der Waals surface area contributed by atoms with Crippen LogP contribution >= 0.6 is 46.1 Å². The Kier molecular flexibility index (Phi) is 7.82. The Morgan fingerprint density at radius 3 is 2.27 bits per heavy atom. The smallest absolute Gasteiger partial charge is 0.344 e. The number of ether oxygens (including phenoxy) is 2. The van der Waals surface area contributed by atoms with Gasteiger partial charge in [-0.3, -0.25) is 9.59 Å². The molecule has 30 heavy (non-hydrogen) atoms. The molecule has 2 amide bonds. The van der Waals surface area contributed by atoms with Gasteiger partial charge in [0.05, 0.1) is 19.9 Å². The highest BCUT2D eigenvalue weighted by Gasteiger charge is 2.25. The Morgan fingerprint density at radius 1 is 0.933 bits per heavy atom. The van der Waals surface area contributed by atoms with Gasteiger partial charge in [0, 0.05) is 32.2 Å². The zero-order valence-corrected chi connectivity index (χ0v) is 18.7. The van der Waals surface area contributed by atoms with Gasteiger partial charge < -0.3 is 19.3 Å². The maximum Gasteiger partial charge on any atom is 0.344 e. The molecule has 2 heterocycles. The van der Waals surface area contributed by atoms with Crippen LogP contribution in [0.3, 0.4) is 0 Å². The summed E-state index contributed by atoms with van der Waals surface area (Å²) in [7, 11) is 0. The van der Waals surface area contributed by atoms with Gasteiger partial charge in [-0.1, -0.05) is 40.9 Å². The van der Waals surface area contributed by atoms with Gasteiger partial charge in [0.15, 0.2) is 13.2 Å². The summed E-state index contributed by atoms with van der Waals surface area (Å²) in [6.45, 7) is 0.765. The molecule has 0 bridgehead atoms. The first-order chi connectivity index (χ1) is 14.3. The van der Waals surface area contributed by atoms with Crippen molar-refractivity contribution in [3.8, 4) is 5.75 Å². The number of hydrogen-bond donors (Lipinski definition) is 0. The summed E-state index contributed by atoms with van der Waals surface area (Å²) in [4.78, 5) is 40.4. The van der Waals surface area contributed by atoms with E-state index in [0.717, 1.165) is 0 Å². The van der Waals surface area contributed by atoms with Crippen LogP contribution < -0.4 is 4.74 Å². The van der Waals surface area contributed by atoms with Crippen molar-refractivity contribution in [2.24, 2.45) is 0 Å². The van der Waals surface area contributed by atoms with E-state index in [1.54, 1.807) is 15.9 Å². The number of piperazine rings is 1. The van der Waals surface area contributed by atoms with Crippen LogP contribution in [0.5, 0.6) is 5.75 Å². The van der Waals surface area contributed by atoms with Crippen LogP contribution in [0.1, 0.15) is 9.67 Å². The Hall–Kier alpha value is -2.00. The predicted molar refractivity (Wildman–Crippen MR) is 115 cm³/mol. The second-order valence-corrected chi connectivity index (χ2v) is 8.47. The number of nitrogens with zero attached hydrogens (tertiary/aromatic N) is 2. The highest BCUT2D eigenvalue weighted by Crippen LogP contribution is 2.33. The lowest BCUT2D eigenvalue weighted by Crippen LogP contribution is -2.51. The molecule has 0 spiro atoms. The van der Waals surface area contributed by atoms with Crippen LogP contribution in [0.2, 0.25) is 15.1 Å². The number of benzene rings is 1. The summed E-state index contributed by atoms with van der Waals surface area (Å²) in [5, 5.41) is 2.54. The summed E-state index contributed by atoms with van der Waals surface area (Å²) in [6, 6.07) is 6.39. The maximum absolute atomic E-state index is 12.3. The number of rotatable bonds is 6. The van der Waals surface area contributed by atoms with Crippen LogP contribution in [0.15, 0.2) is 29.6 Å². The van der Waals surface area contributed by atoms with E-state index in [2.05, 4.69) is 0 Å². The zero-order chi connectivity index (χ0) is 21.7. The molecule has 0 unspecified atom stereocenters. The first-order valence-corrected chi connectivity index (χ1v) is 10.9. The van der Waals surface area contributed by atoms with E-state index in [-0.39, 0.29) is 32.6 Å². The van der Waals surface area contributed by atoms with Gasteiger partial charge >= 0.3 is 5.97 Å². The van der Waals surface area contributed by atoms with Crippen molar-refractivity contribution in [1.29, 1.82) is 0 Å². The topological polar surface area (TPSA) is 76.2 Å². The molecule has 1 aliphatic rings. The summed E-state index contributed by atoms with van der Waals surface area (Å²) < 4.78 is 10.2. The molecular weight excluding hydrogens is 475 g/mol. The normalized spacial score (nSPS) is 13.8. The third-order valence-corrected chi connectivity index (χ3v) is 6.20. The predicted octanol–water partition coefficient (Wildman–Crippen LogP) is 3.61. The molecule has 0 N–H and O–H groups in total. The SMILES string of the molecule is O=C(COc1cc(Cl)c(Cl)cc1Cl)OCC(=O)N1CCN(C(=O)c2cccs2)CC1. The van der Waals surface area contributed by atoms with E-state index in [9.17, 15) is 14.4 Å². The highest BCUT2D eigenvalue weighted by molar-refractivity contribution is 7.12. The van der Waals surface area contributed by atoms with Gasteiger partial charge in [-0.05, 0) is 17.5 Å². The maximum atomic E-state index is 12.3. The van der Waals surface area contributed by atoms with Crippen molar-refractivity contribution < 1.29 is 23.9 Å². The molecule has 7 nitrogen and oxygen atoms in total. The largest absolute Gasteiger partial charge is 0.480 e. The molecule has 1 fully saturated rings. The van der Waals surface area contributed by atoms with Gasteiger partial charge in [-0.2, -0.15) is 0 Å². The van der Waals surface area contributed by atoms with Gasteiger partial charge in [-0.15, -0.1) is 11.3 Å². The van der Waals surface area contributed by atoms with Crippen LogP contribution in [-0.4, -0.2) is 67.0 Å². The number of carbonyl (C=O) groups excluding carboxylic acids is 3. The fraction of sp³-hybridized carbons (Fsp3) is 0.316. The molecule has 160 valence electrons. The van der Waals surface area contributed by atoms with E-state index < -0.39 is 19.2 Å². The molecule has 1 aliphatic heterocycles. The summed E-state index contributed by atoms with van der Waals surface area (Å²) in [5.41, 5.74) is 0. The highest BCUT2D eigenvalue weighted by atomic mass is 35.5. The second-order valence-electron chi connectivity index (χ2n) is 6.30. The van der Waals surface area contributed by atoms with Crippen LogP contribution in [0.25, 0.3) is 0 Å². The quantitative estimate of drug-likeness (QED) is 0.456. The molecule has 0 radical (unpaired) electrons. The molecule has 1 aromatic heterocycles. The van der Waals surface area contributed by atoms with Gasteiger partial charge in [-0.25, -0.2) is 4.79 Å². The lowest BCUT2D eigenvalue weighted by molar-refractivity contribution is -0.154. The van der Waals surface area contributed by atoms with Crippen LogP contribution in [0, 0.1) is 0 Å². The second kappa shape index (κ2) is 10.3. The minimum Gasteiger partial charge on any atom is -0.480 e. The van der Waals surface area contributed by atoms with Gasteiger partial charge in [0.2, 0.25) is 0 Å². The Labute approximate surface area is 192 Å². The Morgan fingerprint density at radius 2 is 1.60 bits per heavy atom. The standard InChI is InChI=1S/C19H17Cl3N2O5S/c20-12-8-14(22)15(9-13(12)21)28-11-18(26)29-10-17(25)23-3-5-24(6-4-23)19(27)16-2-1-7-30-16/h1-2,7-9H,3-6,10-11H2. The number of halogens is 3. The van der Waals surface area contributed by atoms with E-state index in [0.29, 0.717) is 31.1 Å². The summed E-state index contributed by atoms with van der Waals surface area (Å²) in [5.74, 6) is -0.918. The molecule has 0 saturated carbocycles. The number of carbonyl (C=O) groups is 3. The van der Waals surface area contributed by atoms with E-state index >= 15 is 0 Å². The molecule has 1 saturated heterocycles. The van der Waals surface area contributed by atoms with Crippen molar-refractivity contribution in [3.63, 3.8) is 0 Å². The molecule has 11 heteroatoms. The first kappa shape index (κ1) is 22.7.